The molecule has 0 aromatic rings. The summed E-state index contributed by atoms with van der Waals surface area (Å²) in [4.78, 5) is 0. The monoisotopic (exact) mass is 354 g/mol. The molecule has 2 unspecified atom stereocenters. The molecule has 0 radical (unpaired) electrons. The quantitative estimate of drug-likeness (QED) is 0.541. The first-order valence-electron chi connectivity index (χ1n) is 10.5. The largest absolute Gasteiger partial charge is 0.384 e. The Labute approximate surface area is 156 Å². The SMILES string of the molecule is COCC(COC)(COC1C(C(C)C)CCCC1C(C)C)C1CCC1. The third-order valence-corrected chi connectivity index (χ3v) is 7.03. The highest BCUT2D eigenvalue weighted by atomic mass is 16.5. The van der Waals surface area contributed by atoms with Gasteiger partial charge in [-0.1, -0.05) is 40.5 Å². The summed E-state index contributed by atoms with van der Waals surface area (Å²) in [5, 5.41) is 0. The molecule has 0 N–H and O–H groups in total. The van der Waals surface area contributed by atoms with Crippen LogP contribution in [0.3, 0.4) is 0 Å². The van der Waals surface area contributed by atoms with Crippen molar-refractivity contribution >= 4 is 0 Å². The van der Waals surface area contributed by atoms with Gasteiger partial charge in [-0.3, -0.25) is 0 Å². The van der Waals surface area contributed by atoms with Gasteiger partial charge in [0, 0.05) is 19.6 Å². The van der Waals surface area contributed by atoms with E-state index in [9.17, 15) is 0 Å². The maximum Gasteiger partial charge on any atom is 0.0636 e. The van der Waals surface area contributed by atoms with Crippen LogP contribution in [0.1, 0.15) is 66.2 Å². The number of hydrogen-bond donors (Lipinski definition) is 0. The number of hydrogen-bond acceptors (Lipinski definition) is 3. The summed E-state index contributed by atoms with van der Waals surface area (Å²) in [6, 6.07) is 0. The highest BCUT2D eigenvalue weighted by molar-refractivity contribution is 4.93. The van der Waals surface area contributed by atoms with E-state index in [1.54, 1.807) is 0 Å². The zero-order chi connectivity index (χ0) is 18.4. The second-order valence-corrected chi connectivity index (χ2v) is 9.38. The highest BCUT2D eigenvalue weighted by Gasteiger charge is 2.45. The van der Waals surface area contributed by atoms with Crippen molar-refractivity contribution < 1.29 is 14.2 Å². The van der Waals surface area contributed by atoms with E-state index in [1.807, 2.05) is 14.2 Å². The second kappa shape index (κ2) is 9.71. The van der Waals surface area contributed by atoms with E-state index < -0.39 is 0 Å². The van der Waals surface area contributed by atoms with Crippen LogP contribution in [0, 0.1) is 35.0 Å². The zero-order valence-electron chi connectivity index (χ0n) is 17.6. The van der Waals surface area contributed by atoms with Gasteiger partial charge < -0.3 is 14.2 Å². The van der Waals surface area contributed by atoms with Gasteiger partial charge in [-0.05, 0) is 55.3 Å². The van der Waals surface area contributed by atoms with Crippen LogP contribution in [0.2, 0.25) is 0 Å². The van der Waals surface area contributed by atoms with Crippen molar-refractivity contribution in [2.45, 2.75) is 72.3 Å². The lowest BCUT2D eigenvalue weighted by Crippen LogP contribution is -2.49. The second-order valence-electron chi connectivity index (χ2n) is 9.38. The molecule has 2 aliphatic rings. The third-order valence-electron chi connectivity index (χ3n) is 7.03. The maximum atomic E-state index is 6.80. The summed E-state index contributed by atoms with van der Waals surface area (Å²) in [6.45, 7) is 11.8. The molecule has 0 aromatic carbocycles. The van der Waals surface area contributed by atoms with Crippen LogP contribution in [0.4, 0.5) is 0 Å². The van der Waals surface area contributed by atoms with Crippen molar-refractivity contribution in [3.63, 3.8) is 0 Å². The van der Waals surface area contributed by atoms with E-state index in [0.717, 1.165) is 19.8 Å². The molecular weight excluding hydrogens is 312 g/mol. The summed E-state index contributed by atoms with van der Waals surface area (Å²) in [7, 11) is 3.63. The van der Waals surface area contributed by atoms with Crippen molar-refractivity contribution in [2.24, 2.45) is 35.0 Å². The molecule has 2 aliphatic carbocycles. The minimum atomic E-state index is 0.0300. The van der Waals surface area contributed by atoms with Crippen molar-refractivity contribution in [1.82, 2.24) is 0 Å². The molecular formula is C22H42O3. The molecule has 0 saturated heterocycles. The van der Waals surface area contributed by atoms with Gasteiger partial charge >= 0.3 is 0 Å². The van der Waals surface area contributed by atoms with Gasteiger partial charge in [0.15, 0.2) is 0 Å². The number of rotatable bonds is 10. The van der Waals surface area contributed by atoms with Gasteiger partial charge in [0.25, 0.3) is 0 Å². The normalized spacial score (nSPS) is 28.6. The minimum absolute atomic E-state index is 0.0300. The van der Waals surface area contributed by atoms with Crippen LogP contribution in [0.5, 0.6) is 0 Å². The molecule has 0 heterocycles. The fourth-order valence-electron chi connectivity index (χ4n) is 5.24. The van der Waals surface area contributed by atoms with E-state index in [1.165, 1.54) is 38.5 Å². The minimum Gasteiger partial charge on any atom is -0.384 e. The smallest absolute Gasteiger partial charge is 0.0636 e. The van der Waals surface area contributed by atoms with Crippen LogP contribution in [0.15, 0.2) is 0 Å². The maximum absolute atomic E-state index is 6.80. The van der Waals surface area contributed by atoms with E-state index in [0.29, 0.717) is 35.7 Å². The predicted octanol–water partition coefficient (Wildman–Crippen LogP) is 5.18. The fourth-order valence-corrected chi connectivity index (χ4v) is 5.24. The van der Waals surface area contributed by atoms with E-state index >= 15 is 0 Å². The fraction of sp³-hybridized carbons (Fsp3) is 1.00. The molecule has 0 aliphatic heterocycles. The van der Waals surface area contributed by atoms with Gasteiger partial charge in [-0.25, -0.2) is 0 Å². The van der Waals surface area contributed by atoms with Gasteiger partial charge in [-0.15, -0.1) is 0 Å². The van der Waals surface area contributed by atoms with Crippen LogP contribution in [-0.4, -0.2) is 40.1 Å². The highest BCUT2D eigenvalue weighted by Crippen LogP contribution is 2.45. The molecule has 0 bridgehead atoms. The molecule has 2 saturated carbocycles. The molecule has 0 amide bonds. The summed E-state index contributed by atoms with van der Waals surface area (Å²) < 4.78 is 18.1. The predicted molar refractivity (Wildman–Crippen MR) is 104 cm³/mol. The molecule has 148 valence electrons. The molecule has 0 spiro atoms. The Bertz CT molecular complexity index is 353. The van der Waals surface area contributed by atoms with Crippen molar-refractivity contribution in [2.75, 3.05) is 34.0 Å². The molecule has 0 aromatic heterocycles. The van der Waals surface area contributed by atoms with Gasteiger partial charge in [0.05, 0.1) is 25.9 Å². The Morgan fingerprint density at radius 2 is 1.24 bits per heavy atom. The summed E-state index contributed by atoms with van der Waals surface area (Å²) >= 11 is 0. The topological polar surface area (TPSA) is 27.7 Å². The molecule has 2 rings (SSSR count). The van der Waals surface area contributed by atoms with E-state index in [2.05, 4.69) is 27.7 Å². The standard InChI is InChI=1S/C22H42O3/c1-16(2)19-11-8-12-20(17(3)4)21(19)25-15-22(13-23-5,14-24-6)18-9-7-10-18/h16-21H,7-15H2,1-6H3. The Morgan fingerprint density at radius 3 is 1.60 bits per heavy atom. The Kier molecular flexibility index (Phi) is 8.23. The lowest BCUT2D eigenvalue weighted by atomic mass is 9.65. The Morgan fingerprint density at radius 1 is 0.760 bits per heavy atom. The number of methoxy groups -OCH3 is 2. The molecule has 3 nitrogen and oxygen atoms in total. The van der Waals surface area contributed by atoms with Crippen molar-refractivity contribution in [1.29, 1.82) is 0 Å². The van der Waals surface area contributed by atoms with Gasteiger partial charge in [-0.2, -0.15) is 0 Å². The third kappa shape index (κ3) is 4.99. The lowest BCUT2D eigenvalue weighted by molar-refractivity contribution is -0.151. The summed E-state index contributed by atoms with van der Waals surface area (Å²) in [5.74, 6) is 3.44. The molecule has 2 fully saturated rings. The van der Waals surface area contributed by atoms with Crippen LogP contribution < -0.4 is 0 Å². The Balaban J connectivity index is 2.13. The first kappa shape index (κ1) is 21.2. The van der Waals surface area contributed by atoms with E-state index in [4.69, 9.17) is 14.2 Å². The lowest BCUT2D eigenvalue weighted by Gasteiger charge is -2.48. The van der Waals surface area contributed by atoms with Crippen LogP contribution in [0.25, 0.3) is 0 Å². The zero-order valence-corrected chi connectivity index (χ0v) is 17.6. The van der Waals surface area contributed by atoms with Crippen LogP contribution in [-0.2, 0) is 14.2 Å². The summed E-state index contributed by atoms with van der Waals surface area (Å²) in [5.41, 5.74) is 0.0300. The molecule has 2 atom stereocenters. The molecule has 25 heavy (non-hydrogen) atoms. The van der Waals surface area contributed by atoms with E-state index in [-0.39, 0.29) is 5.41 Å². The van der Waals surface area contributed by atoms with Crippen molar-refractivity contribution in [3.05, 3.63) is 0 Å². The summed E-state index contributed by atoms with van der Waals surface area (Å²) in [6.07, 6.45) is 8.31. The van der Waals surface area contributed by atoms with Gasteiger partial charge in [0.1, 0.15) is 0 Å². The average Bonchev–Trinajstić information content (AvgIpc) is 2.51. The van der Waals surface area contributed by atoms with Crippen LogP contribution >= 0.6 is 0 Å². The first-order chi connectivity index (χ1) is 11.9. The van der Waals surface area contributed by atoms with Gasteiger partial charge in [0.2, 0.25) is 0 Å². The average molecular weight is 355 g/mol. The first-order valence-corrected chi connectivity index (χ1v) is 10.5. The molecule has 3 heteroatoms. The van der Waals surface area contributed by atoms with Crippen molar-refractivity contribution in [3.8, 4) is 0 Å². The number of ether oxygens (including phenoxy) is 3. The Hall–Kier alpha value is -0.120.